The van der Waals surface area contributed by atoms with Crippen LogP contribution in [0.1, 0.15) is 42.9 Å². The molecule has 130 valence electrons. The number of likely N-dealkylation sites (N-methyl/N-ethyl adjacent to an activating group) is 1. The van der Waals surface area contributed by atoms with E-state index in [4.69, 9.17) is 0 Å². The summed E-state index contributed by atoms with van der Waals surface area (Å²) < 4.78 is 0. The summed E-state index contributed by atoms with van der Waals surface area (Å²) >= 11 is 0. The number of carbonyl (C=O) groups is 1. The Labute approximate surface area is 141 Å². The van der Waals surface area contributed by atoms with Crippen LogP contribution in [0.25, 0.3) is 0 Å². The molecule has 5 nitrogen and oxygen atoms in total. The van der Waals surface area contributed by atoms with Crippen molar-refractivity contribution < 1.29 is 20.1 Å². The number of Topliss-reactive ketones (excluding diaryl/α,β-unsaturated/α-hetero) is 1. The monoisotopic (exact) mass is 331 g/mol. The Kier molecular flexibility index (Phi) is 3.37. The largest absolute Gasteiger partial charge is 0.507 e. The van der Waals surface area contributed by atoms with Crippen LogP contribution in [-0.2, 0) is 23.2 Å². The van der Waals surface area contributed by atoms with Gasteiger partial charge in [0.2, 0.25) is 0 Å². The summed E-state index contributed by atoms with van der Waals surface area (Å²) in [5.41, 5.74) is 0.385. The minimum absolute atomic E-state index is 0.0475. The molecular weight excluding hydrogens is 306 g/mol. The first kappa shape index (κ1) is 16.1. The number of piperidine rings is 1. The fraction of sp³-hybridized carbons (Fsp3) is 0.632. The number of aliphatic hydroxyl groups is 2. The first-order chi connectivity index (χ1) is 11.4. The van der Waals surface area contributed by atoms with Crippen LogP contribution >= 0.6 is 0 Å². The van der Waals surface area contributed by atoms with Crippen LogP contribution < -0.4 is 0 Å². The van der Waals surface area contributed by atoms with E-state index in [1.54, 1.807) is 6.07 Å². The minimum atomic E-state index is -1.02. The average Bonchev–Trinajstić information content (AvgIpc) is 2.55. The lowest BCUT2D eigenvalue weighted by atomic mass is 9.46. The summed E-state index contributed by atoms with van der Waals surface area (Å²) in [6.07, 6.45) is 2.12. The lowest BCUT2D eigenvalue weighted by molar-refractivity contribution is -0.183. The molecule has 1 saturated carbocycles. The zero-order chi connectivity index (χ0) is 17.3. The van der Waals surface area contributed by atoms with Crippen molar-refractivity contribution in [2.24, 2.45) is 5.92 Å². The zero-order valence-electron chi connectivity index (χ0n) is 14.2. The molecule has 4 atom stereocenters. The number of fused-ring (bicyclic) bond motifs is 1. The first-order valence-corrected chi connectivity index (χ1v) is 8.77. The summed E-state index contributed by atoms with van der Waals surface area (Å²) in [7, 11) is 2.03. The fourth-order valence-electron chi connectivity index (χ4n) is 5.74. The Morgan fingerprint density at radius 3 is 2.79 bits per heavy atom. The van der Waals surface area contributed by atoms with Gasteiger partial charge in [-0.1, -0.05) is 19.1 Å². The molecule has 1 aromatic rings. The Bertz CT molecular complexity index is 718. The van der Waals surface area contributed by atoms with E-state index in [-0.39, 0.29) is 30.1 Å². The van der Waals surface area contributed by atoms with Gasteiger partial charge in [-0.2, -0.15) is 0 Å². The first-order valence-electron chi connectivity index (χ1n) is 8.77. The molecule has 2 fully saturated rings. The van der Waals surface area contributed by atoms with Crippen molar-refractivity contribution >= 4 is 5.78 Å². The van der Waals surface area contributed by atoms with Crippen molar-refractivity contribution in [2.75, 3.05) is 13.6 Å². The van der Waals surface area contributed by atoms with Gasteiger partial charge in [0.1, 0.15) is 11.5 Å². The minimum Gasteiger partial charge on any atom is -0.507 e. The van der Waals surface area contributed by atoms with Gasteiger partial charge in [-0.15, -0.1) is 0 Å². The number of rotatable bonds is 1. The highest BCUT2D eigenvalue weighted by Gasteiger charge is 2.67. The summed E-state index contributed by atoms with van der Waals surface area (Å²) in [5, 5.41) is 32.2. The third-order valence-electron chi connectivity index (χ3n) is 7.07. The molecule has 3 N–H and O–H groups in total. The van der Waals surface area contributed by atoms with Gasteiger partial charge in [-0.25, -0.2) is 0 Å². The number of phenols is 1. The van der Waals surface area contributed by atoms with E-state index in [1.165, 1.54) is 0 Å². The summed E-state index contributed by atoms with van der Waals surface area (Å²) in [6.45, 7) is 2.43. The lowest BCUT2D eigenvalue weighted by Gasteiger charge is -2.64. The number of nitrogens with zero attached hydrogens (tertiary/aromatic N) is 1. The molecule has 1 aromatic carbocycles. The molecule has 2 bridgehead atoms. The lowest BCUT2D eigenvalue weighted by Crippen LogP contribution is -2.75. The fourth-order valence-corrected chi connectivity index (χ4v) is 5.74. The second-order valence-electron chi connectivity index (χ2n) is 7.80. The van der Waals surface area contributed by atoms with Crippen molar-refractivity contribution in [3.05, 3.63) is 28.8 Å². The maximum atomic E-state index is 12.6. The van der Waals surface area contributed by atoms with Crippen LogP contribution in [0, 0.1) is 5.92 Å². The number of aliphatic hydroxyl groups excluding tert-OH is 1. The van der Waals surface area contributed by atoms with Gasteiger partial charge in [-0.3, -0.25) is 4.79 Å². The molecule has 2 aliphatic carbocycles. The molecule has 1 saturated heterocycles. The highest BCUT2D eigenvalue weighted by Crippen LogP contribution is 2.61. The number of likely N-dealkylation sites (tertiary alicyclic amines) is 1. The normalized spacial score (nSPS) is 38.6. The highest BCUT2D eigenvalue weighted by atomic mass is 16.3. The van der Waals surface area contributed by atoms with Crippen LogP contribution in [0.5, 0.6) is 5.75 Å². The molecule has 0 spiro atoms. The van der Waals surface area contributed by atoms with Crippen molar-refractivity contribution in [3.63, 3.8) is 0 Å². The van der Waals surface area contributed by atoms with Gasteiger partial charge >= 0.3 is 0 Å². The topological polar surface area (TPSA) is 81.0 Å². The van der Waals surface area contributed by atoms with Gasteiger partial charge in [0.15, 0.2) is 0 Å². The van der Waals surface area contributed by atoms with E-state index < -0.39 is 11.0 Å². The number of hydrogen-bond donors (Lipinski definition) is 3. The van der Waals surface area contributed by atoms with Gasteiger partial charge in [0, 0.05) is 34.9 Å². The molecule has 3 aliphatic rings. The Morgan fingerprint density at radius 1 is 1.33 bits per heavy atom. The predicted molar refractivity (Wildman–Crippen MR) is 88.8 cm³/mol. The highest BCUT2D eigenvalue weighted by molar-refractivity contribution is 5.85. The SMILES string of the molecule is C[C@@H]1C(=O)CC[C@@]2(O)C3Cc4ccc(CO)c(O)c4[C@@]12CCN3C. The number of benzene rings is 1. The maximum Gasteiger partial charge on any atom is 0.136 e. The number of ketones is 1. The second-order valence-corrected chi connectivity index (χ2v) is 7.80. The summed E-state index contributed by atoms with van der Waals surface area (Å²) in [6, 6.07) is 3.65. The van der Waals surface area contributed by atoms with Crippen LogP contribution in [0.2, 0.25) is 0 Å². The molecule has 24 heavy (non-hydrogen) atoms. The predicted octanol–water partition coefficient (Wildman–Crippen LogP) is 1.11. The Hall–Kier alpha value is -1.43. The standard InChI is InChI=1S/C19H25NO4/c1-11-14(22)5-6-19(24)15-9-12-3-4-13(10-21)17(23)16(12)18(11,19)7-8-20(15)2/h3-4,11,15,21,23-24H,5-10H2,1-2H3/t11-,15?,18-,19-/m1/s1. The zero-order valence-corrected chi connectivity index (χ0v) is 14.2. The molecular formula is C19H25NO4. The molecule has 4 rings (SSSR count). The van der Waals surface area contributed by atoms with E-state index in [2.05, 4.69) is 4.90 Å². The molecule has 0 aromatic heterocycles. The molecule has 1 unspecified atom stereocenters. The van der Waals surface area contributed by atoms with Gasteiger partial charge in [-0.05, 0) is 38.4 Å². The quantitative estimate of drug-likeness (QED) is 0.718. The molecule has 1 heterocycles. The van der Waals surface area contributed by atoms with Crippen molar-refractivity contribution in [3.8, 4) is 5.75 Å². The van der Waals surface area contributed by atoms with Crippen molar-refractivity contribution in [2.45, 2.75) is 56.3 Å². The van der Waals surface area contributed by atoms with Crippen LogP contribution in [-0.4, -0.2) is 51.2 Å². The van der Waals surface area contributed by atoms with E-state index in [0.717, 1.165) is 12.1 Å². The average molecular weight is 331 g/mol. The van der Waals surface area contributed by atoms with Gasteiger partial charge < -0.3 is 20.2 Å². The Balaban J connectivity index is 2.05. The van der Waals surface area contributed by atoms with Crippen LogP contribution in [0.3, 0.4) is 0 Å². The van der Waals surface area contributed by atoms with Crippen molar-refractivity contribution in [1.82, 2.24) is 4.90 Å². The molecule has 0 amide bonds. The van der Waals surface area contributed by atoms with Crippen molar-refractivity contribution in [1.29, 1.82) is 0 Å². The maximum absolute atomic E-state index is 12.6. The summed E-state index contributed by atoms with van der Waals surface area (Å²) in [5.74, 6) is -0.117. The molecule has 1 aliphatic heterocycles. The molecule has 0 radical (unpaired) electrons. The number of carbonyl (C=O) groups excluding carboxylic acids is 1. The molecule has 5 heteroatoms. The third kappa shape index (κ3) is 1.68. The van der Waals surface area contributed by atoms with E-state index in [0.29, 0.717) is 36.8 Å². The second kappa shape index (κ2) is 5.04. The van der Waals surface area contributed by atoms with Crippen LogP contribution in [0.4, 0.5) is 0 Å². The van der Waals surface area contributed by atoms with Gasteiger partial charge in [0.25, 0.3) is 0 Å². The van der Waals surface area contributed by atoms with E-state index >= 15 is 0 Å². The van der Waals surface area contributed by atoms with E-state index in [1.807, 2.05) is 20.0 Å². The Morgan fingerprint density at radius 2 is 2.08 bits per heavy atom. The van der Waals surface area contributed by atoms with E-state index in [9.17, 15) is 20.1 Å². The number of aromatic hydroxyl groups is 1. The van der Waals surface area contributed by atoms with Crippen LogP contribution in [0.15, 0.2) is 12.1 Å². The van der Waals surface area contributed by atoms with Gasteiger partial charge in [0.05, 0.1) is 12.2 Å². The third-order valence-corrected chi connectivity index (χ3v) is 7.07. The summed E-state index contributed by atoms with van der Waals surface area (Å²) in [4.78, 5) is 14.8. The smallest absolute Gasteiger partial charge is 0.136 e. The number of hydrogen-bond acceptors (Lipinski definition) is 5.